The molecule has 0 radical (unpaired) electrons. The Balaban J connectivity index is 2.19. The van der Waals surface area contributed by atoms with Gasteiger partial charge in [-0.2, -0.15) is 0 Å². The molecule has 0 unspecified atom stereocenters. The van der Waals surface area contributed by atoms with Crippen molar-refractivity contribution in [1.82, 2.24) is 5.32 Å². The standard InChI is InChI=1S/C16H15ClN2O3/c1-2-15(11-6-4-3-5-7-11)18-16(20)13-9-8-12(19(21)22)10-14(13)17/h3-10,15H,2H2,1H3,(H,18,20)/t15-/m1/s1. The zero-order chi connectivity index (χ0) is 16.1. The van der Waals surface area contributed by atoms with Gasteiger partial charge < -0.3 is 5.32 Å². The number of carbonyl (C=O) groups is 1. The van der Waals surface area contributed by atoms with Crippen LogP contribution in [0.5, 0.6) is 0 Å². The van der Waals surface area contributed by atoms with E-state index in [0.29, 0.717) is 0 Å². The van der Waals surface area contributed by atoms with E-state index in [0.717, 1.165) is 12.0 Å². The van der Waals surface area contributed by atoms with Gasteiger partial charge in [0.15, 0.2) is 0 Å². The molecule has 6 heteroatoms. The summed E-state index contributed by atoms with van der Waals surface area (Å²) < 4.78 is 0. The van der Waals surface area contributed by atoms with Crippen LogP contribution in [0.25, 0.3) is 0 Å². The van der Waals surface area contributed by atoms with Crippen LogP contribution in [-0.2, 0) is 0 Å². The Morgan fingerprint density at radius 3 is 2.50 bits per heavy atom. The van der Waals surface area contributed by atoms with Crippen molar-refractivity contribution >= 4 is 23.2 Å². The molecule has 2 aromatic rings. The largest absolute Gasteiger partial charge is 0.345 e. The number of nitro groups is 1. The van der Waals surface area contributed by atoms with Gasteiger partial charge in [-0.05, 0) is 18.1 Å². The summed E-state index contributed by atoms with van der Waals surface area (Å²) in [6.45, 7) is 1.97. The number of hydrogen-bond donors (Lipinski definition) is 1. The van der Waals surface area contributed by atoms with Crippen molar-refractivity contribution in [3.8, 4) is 0 Å². The van der Waals surface area contributed by atoms with Gasteiger partial charge in [0, 0.05) is 12.1 Å². The molecule has 0 spiro atoms. The highest BCUT2D eigenvalue weighted by molar-refractivity contribution is 6.34. The van der Waals surface area contributed by atoms with Crippen molar-refractivity contribution in [2.45, 2.75) is 19.4 Å². The Morgan fingerprint density at radius 2 is 1.95 bits per heavy atom. The minimum absolute atomic E-state index is 0.0645. The number of nitro benzene ring substituents is 1. The Labute approximate surface area is 133 Å². The number of rotatable bonds is 5. The minimum atomic E-state index is -0.549. The van der Waals surface area contributed by atoms with Crippen molar-refractivity contribution in [1.29, 1.82) is 0 Å². The van der Waals surface area contributed by atoms with Crippen LogP contribution >= 0.6 is 11.6 Å². The molecule has 2 aromatic carbocycles. The second kappa shape index (κ2) is 7.04. The zero-order valence-corrected chi connectivity index (χ0v) is 12.7. The fourth-order valence-electron chi connectivity index (χ4n) is 2.14. The van der Waals surface area contributed by atoms with E-state index in [-0.39, 0.29) is 28.2 Å². The van der Waals surface area contributed by atoms with E-state index in [9.17, 15) is 14.9 Å². The number of carbonyl (C=O) groups excluding carboxylic acids is 1. The maximum atomic E-state index is 12.3. The first-order chi connectivity index (χ1) is 10.5. The van der Waals surface area contributed by atoms with Crippen molar-refractivity contribution in [2.24, 2.45) is 0 Å². The van der Waals surface area contributed by atoms with E-state index in [1.165, 1.54) is 18.2 Å². The molecule has 0 aliphatic carbocycles. The van der Waals surface area contributed by atoms with Gasteiger partial charge in [0.05, 0.1) is 21.6 Å². The van der Waals surface area contributed by atoms with Crippen LogP contribution in [0.2, 0.25) is 5.02 Å². The summed E-state index contributed by atoms with van der Waals surface area (Å²) >= 11 is 5.98. The van der Waals surface area contributed by atoms with Crippen LogP contribution in [0.1, 0.15) is 35.3 Å². The van der Waals surface area contributed by atoms with Crippen LogP contribution < -0.4 is 5.32 Å². The summed E-state index contributed by atoms with van der Waals surface area (Å²) in [6.07, 6.45) is 0.723. The molecule has 0 aromatic heterocycles. The quantitative estimate of drug-likeness (QED) is 0.665. The molecule has 0 saturated carbocycles. The van der Waals surface area contributed by atoms with Gasteiger partial charge in [0.25, 0.3) is 11.6 Å². The number of hydrogen-bond acceptors (Lipinski definition) is 3. The summed E-state index contributed by atoms with van der Waals surface area (Å²) in [5, 5.41) is 13.6. The van der Waals surface area contributed by atoms with Gasteiger partial charge in [-0.3, -0.25) is 14.9 Å². The SMILES string of the molecule is CC[C@@H](NC(=O)c1ccc([N+](=O)[O-])cc1Cl)c1ccccc1. The maximum absolute atomic E-state index is 12.3. The van der Waals surface area contributed by atoms with Crippen molar-refractivity contribution in [2.75, 3.05) is 0 Å². The van der Waals surface area contributed by atoms with Crippen LogP contribution in [-0.4, -0.2) is 10.8 Å². The summed E-state index contributed by atoms with van der Waals surface area (Å²) in [4.78, 5) is 22.5. The average molecular weight is 319 g/mol. The Kier molecular flexibility index (Phi) is 5.12. The Hall–Kier alpha value is -2.40. The second-order valence-corrected chi connectivity index (χ2v) is 5.17. The molecule has 0 aliphatic rings. The number of benzene rings is 2. The van der Waals surface area contributed by atoms with Gasteiger partial charge >= 0.3 is 0 Å². The molecule has 2 rings (SSSR count). The number of nitrogens with zero attached hydrogens (tertiary/aromatic N) is 1. The molecular weight excluding hydrogens is 304 g/mol. The highest BCUT2D eigenvalue weighted by Crippen LogP contribution is 2.24. The average Bonchev–Trinajstić information content (AvgIpc) is 2.53. The lowest BCUT2D eigenvalue weighted by molar-refractivity contribution is -0.384. The van der Waals surface area contributed by atoms with E-state index in [1.54, 1.807) is 0 Å². The third-order valence-corrected chi connectivity index (χ3v) is 3.64. The number of amides is 1. The lowest BCUT2D eigenvalue weighted by Gasteiger charge is -2.17. The second-order valence-electron chi connectivity index (χ2n) is 4.77. The van der Waals surface area contributed by atoms with E-state index in [4.69, 9.17) is 11.6 Å². The van der Waals surface area contributed by atoms with Gasteiger partial charge in [0.1, 0.15) is 0 Å². The smallest absolute Gasteiger partial charge is 0.270 e. The molecule has 0 fully saturated rings. The molecule has 114 valence electrons. The molecule has 1 N–H and O–H groups in total. The normalized spacial score (nSPS) is 11.7. The highest BCUT2D eigenvalue weighted by atomic mass is 35.5. The van der Waals surface area contributed by atoms with Crippen molar-refractivity contribution < 1.29 is 9.72 Å². The summed E-state index contributed by atoms with van der Waals surface area (Å²) in [6, 6.07) is 13.3. The number of non-ortho nitro benzene ring substituents is 1. The fourth-order valence-corrected chi connectivity index (χ4v) is 2.40. The van der Waals surface area contributed by atoms with Crippen LogP contribution in [0.15, 0.2) is 48.5 Å². The molecular formula is C16H15ClN2O3. The van der Waals surface area contributed by atoms with E-state index in [1.807, 2.05) is 37.3 Å². The van der Waals surface area contributed by atoms with Gasteiger partial charge in [-0.25, -0.2) is 0 Å². The van der Waals surface area contributed by atoms with Crippen LogP contribution in [0, 0.1) is 10.1 Å². The van der Waals surface area contributed by atoms with Crippen molar-refractivity contribution in [3.05, 3.63) is 74.8 Å². The fraction of sp³-hybridized carbons (Fsp3) is 0.188. The molecule has 0 saturated heterocycles. The van der Waals surface area contributed by atoms with Gasteiger partial charge in [-0.15, -0.1) is 0 Å². The third kappa shape index (κ3) is 3.62. The predicted octanol–water partition coefficient (Wildman–Crippen LogP) is 4.13. The Morgan fingerprint density at radius 1 is 1.27 bits per heavy atom. The van der Waals surface area contributed by atoms with Crippen molar-refractivity contribution in [3.63, 3.8) is 0 Å². The van der Waals surface area contributed by atoms with E-state index >= 15 is 0 Å². The molecule has 22 heavy (non-hydrogen) atoms. The lowest BCUT2D eigenvalue weighted by atomic mass is 10.0. The molecule has 1 amide bonds. The zero-order valence-electron chi connectivity index (χ0n) is 12.0. The summed E-state index contributed by atoms with van der Waals surface area (Å²) in [5.41, 5.74) is 1.08. The third-order valence-electron chi connectivity index (χ3n) is 3.32. The van der Waals surface area contributed by atoms with Gasteiger partial charge in [-0.1, -0.05) is 48.9 Å². The van der Waals surface area contributed by atoms with Crippen LogP contribution in [0.3, 0.4) is 0 Å². The molecule has 1 atom stereocenters. The molecule has 5 nitrogen and oxygen atoms in total. The van der Waals surface area contributed by atoms with E-state index in [2.05, 4.69) is 5.32 Å². The molecule has 0 aliphatic heterocycles. The monoisotopic (exact) mass is 318 g/mol. The van der Waals surface area contributed by atoms with Gasteiger partial charge in [0.2, 0.25) is 0 Å². The minimum Gasteiger partial charge on any atom is -0.345 e. The lowest BCUT2D eigenvalue weighted by Crippen LogP contribution is -2.28. The predicted molar refractivity (Wildman–Crippen MR) is 85.0 cm³/mol. The summed E-state index contributed by atoms with van der Waals surface area (Å²) in [7, 11) is 0. The number of nitrogens with one attached hydrogen (secondary N) is 1. The first kappa shape index (κ1) is 16.0. The first-order valence-corrected chi connectivity index (χ1v) is 7.20. The number of halogens is 1. The topological polar surface area (TPSA) is 72.2 Å². The summed E-state index contributed by atoms with van der Waals surface area (Å²) in [5.74, 6) is -0.351. The molecule has 0 bridgehead atoms. The maximum Gasteiger partial charge on any atom is 0.270 e. The first-order valence-electron chi connectivity index (χ1n) is 6.82. The molecule has 0 heterocycles. The van der Waals surface area contributed by atoms with Crippen LogP contribution in [0.4, 0.5) is 5.69 Å². The van der Waals surface area contributed by atoms with E-state index < -0.39 is 4.92 Å². The highest BCUT2D eigenvalue weighted by Gasteiger charge is 2.18. The Bertz CT molecular complexity index is 689.